The molecule has 260 valence electrons. The van der Waals surface area contributed by atoms with Gasteiger partial charge in [-0.3, -0.25) is 4.79 Å². The van der Waals surface area contributed by atoms with E-state index in [9.17, 15) is 9.59 Å². The van der Waals surface area contributed by atoms with E-state index in [1.54, 1.807) is 33.0 Å². The molecule has 0 saturated carbocycles. The molecule has 0 spiro atoms. The number of hydrogen-bond acceptors (Lipinski definition) is 8. The zero-order valence-electron chi connectivity index (χ0n) is 29.4. The molecule has 49 heavy (non-hydrogen) atoms. The van der Waals surface area contributed by atoms with Gasteiger partial charge in [0.1, 0.15) is 5.82 Å². The SMILES string of the molecule is CCN(CC)C(=O)CCN1C(Nc2ccc(N3CCN(C)C(C)C3)c(F)c2)=NC=CC1OC(=O)N(c1ccccc1)c1c(C)cccc1C. The first-order chi connectivity index (χ1) is 23.6. The van der Waals surface area contributed by atoms with E-state index >= 15 is 4.39 Å². The number of anilines is 4. The van der Waals surface area contributed by atoms with Gasteiger partial charge in [0.05, 0.1) is 17.1 Å². The Balaban J connectivity index is 1.41. The molecule has 2 heterocycles. The maximum absolute atomic E-state index is 15.6. The molecular weight excluding hydrogens is 621 g/mol. The van der Waals surface area contributed by atoms with Crippen LogP contribution in [0.5, 0.6) is 0 Å². The fourth-order valence-electron chi connectivity index (χ4n) is 6.33. The van der Waals surface area contributed by atoms with E-state index in [4.69, 9.17) is 4.74 Å². The van der Waals surface area contributed by atoms with Gasteiger partial charge in [0, 0.05) is 63.6 Å². The molecular formula is C38H48FN7O3. The van der Waals surface area contributed by atoms with Gasteiger partial charge in [0.2, 0.25) is 18.1 Å². The number of aryl methyl sites for hydroxylation is 2. The summed E-state index contributed by atoms with van der Waals surface area (Å²) in [5.41, 5.74) is 4.27. The van der Waals surface area contributed by atoms with Crippen molar-refractivity contribution in [1.82, 2.24) is 14.7 Å². The first-order valence-corrected chi connectivity index (χ1v) is 17.0. The molecule has 5 rings (SSSR count). The van der Waals surface area contributed by atoms with Crippen LogP contribution in [-0.4, -0.2) is 91.2 Å². The predicted octanol–water partition coefficient (Wildman–Crippen LogP) is 6.74. The number of carbonyl (C=O) groups excluding carboxylic acids is 2. The van der Waals surface area contributed by atoms with Crippen LogP contribution in [0.2, 0.25) is 0 Å². The van der Waals surface area contributed by atoms with Gasteiger partial charge in [-0.05, 0) is 89.2 Å². The molecule has 2 unspecified atom stereocenters. The highest BCUT2D eigenvalue weighted by molar-refractivity contribution is 5.99. The number of likely N-dealkylation sites (N-methyl/N-ethyl adjacent to an activating group) is 1. The summed E-state index contributed by atoms with van der Waals surface area (Å²) in [7, 11) is 2.08. The minimum absolute atomic E-state index is 0.0257. The molecule has 2 atom stereocenters. The van der Waals surface area contributed by atoms with Gasteiger partial charge >= 0.3 is 6.09 Å². The number of nitrogens with one attached hydrogen (secondary N) is 1. The molecule has 3 aromatic rings. The molecule has 0 bridgehead atoms. The van der Waals surface area contributed by atoms with Crippen LogP contribution in [0.25, 0.3) is 0 Å². The van der Waals surface area contributed by atoms with E-state index in [1.807, 2.05) is 82.3 Å². The van der Waals surface area contributed by atoms with E-state index in [-0.39, 0.29) is 24.7 Å². The highest BCUT2D eigenvalue weighted by Gasteiger charge is 2.31. The number of benzene rings is 3. The Hall–Kier alpha value is -4.90. The number of piperazine rings is 1. The van der Waals surface area contributed by atoms with E-state index in [0.29, 0.717) is 42.2 Å². The van der Waals surface area contributed by atoms with Gasteiger partial charge in [-0.1, -0.05) is 36.4 Å². The van der Waals surface area contributed by atoms with Crippen molar-refractivity contribution in [2.24, 2.45) is 4.99 Å². The topological polar surface area (TPSA) is 84.0 Å². The van der Waals surface area contributed by atoms with Crippen LogP contribution in [0.4, 0.5) is 31.9 Å². The highest BCUT2D eigenvalue weighted by Crippen LogP contribution is 2.33. The number of rotatable bonds is 10. The Kier molecular flexibility index (Phi) is 11.6. The summed E-state index contributed by atoms with van der Waals surface area (Å²) in [6.07, 6.45) is 1.92. The fraction of sp³-hybridized carbons (Fsp3) is 0.395. The Morgan fingerprint density at radius 3 is 2.37 bits per heavy atom. The first-order valence-electron chi connectivity index (χ1n) is 17.0. The van der Waals surface area contributed by atoms with Gasteiger partial charge < -0.3 is 29.7 Å². The lowest BCUT2D eigenvalue weighted by atomic mass is 10.1. The second-order valence-corrected chi connectivity index (χ2v) is 12.6. The number of halogens is 1. The van der Waals surface area contributed by atoms with E-state index in [0.717, 1.165) is 36.4 Å². The molecule has 10 nitrogen and oxygen atoms in total. The average molecular weight is 670 g/mol. The largest absolute Gasteiger partial charge is 0.421 e. The molecule has 2 amide bonds. The molecule has 2 aliphatic heterocycles. The maximum atomic E-state index is 15.6. The van der Waals surface area contributed by atoms with Gasteiger partial charge in [0.15, 0.2) is 0 Å². The standard InChI is InChI=1S/C38H48FN7O3/c1-7-43(8-2)34(47)20-22-45-35(49-38(48)46(31-15-10-9-11-16-31)36-27(3)13-12-14-28(36)4)19-21-40-37(45)41-30-17-18-33(32(39)25-30)44-24-23-42(6)29(5)26-44/h9-19,21,25,29,35H,7-8,20,22-24,26H2,1-6H3,(H,40,41). The molecule has 1 saturated heterocycles. The predicted molar refractivity (Wildman–Crippen MR) is 195 cm³/mol. The molecule has 2 aliphatic rings. The summed E-state index contributed by atoms with van der Waals surface area (Å²) < 4.78 is 21.8. The number of nitrogens with zero attached hydrogens (tertiary/aromatic N) is 6. The minimum Gasteiger partial charge on any atom is -0.421 e. The number of carbonyl (C=O) groups is 2. The molecule has 0 aromatic heterocycles. The second kappa shape index (κ2) is 16.0. The monoisotopic (exact) mass is 669 g/mol. The van der Waals surface area contributed by atoms with Crippen LogP contribution in [0.1, 0.15) is 38.3 Å². The molecule has 1 fully saturated rings. The van der Waals surface area contributed by atoms with Crippen molar-refractivity contribution in [2.45, 2.75) is 53.3 Å². The number of ether oxygens (including phenoxy) is 1. The summed E-state index contributed by atoms with van der Waals surface area (Å²) >= 11 is 0. The Morgan fingerprint density at radius 1 is 1.00 bits per heavy atom. The molecule has 0 radical (unpaired) electrons. The minimum atomic E-state index is -0.900. The van der Waals surface area contributed by atoms with Crippen molar-refractivity contribution in [1.29, 1.82) is 0 Å². The van der Waals surface area contributed by atoms with E-state index < -0.39 is 12.3 Å². The van der Waals surface area contributed by atoms with Crippen molar-refractivity contribution in [3.63, 3.8) is 0 Å². The van der Waals surface area contributed by atoms with Gasteiger partial charge in [-0.25, -0.2) is 19.1 Å². The number of para-hydroxylation sites is 2. The van der Waals surface area contributed by atoms with Crippen molar-refractivity contribution in [3.05, 3.63) is 96.0 Å². The zero-order valence-corrected chi connectivity index (χ0v) is 29.4. The second-order valence-electron chi connectivity index (χ2n) is 12.6. The number of hydrogen-bond donors (Lipinski definition) is 1. The Bertz CT molecular complexity index is 1660. The van der Waals surface area contributed by atoms with Crippen molar-refractivity contribution in [2.75, 3.05) is 61.4 Å². The van der Waals surface area contributed by atoms with E-state index in [1.165, 1.54) is 6.07 Å². The van der Waals surface area contributed by atoms with Crippen LogP contribution in [0, 0.1) is 19.7 Å². The van der Waals surface area contributed by atoms with Crippen LogP contribution < -0.4 is 15.1 Å². The third kappa shape index (κ3) is 8.22. The van der Waals surface area contributed by atoms with Gasteiger partial charge in [0.25, 0.3) is 0 Å². The van der Waals surface area contributed by atoms with Crippen LogP contribution in [-0.2, 0) is 9.53 Å². The fourth-order valence-corrected chi connectivity index (χ4v) is 6.33. The normalized spacial score (nSPS) is 17.8. The van der Waals surface area contributed by atoms with Crippen molar-refractivity contribution >= 4 is 40.7 Å². The third-order valence-electron chi connectivity index (χ3n) is 9.30. The Labute approximate surface area is 289 Å². The maximum Gasteiger partial charge on any atom is 0.421 e. The lowest BCUT2D eigenvalue weighted by molar-refractivity contribution is -0.131. The molecule has 1 N–H and O–H groups in total. The lowest BCUT2D eigenvalue weighted by Gasteiger charge is -2.39. The smallest absolute Gasteiger partial charge is 0.421 e. The summed E-state index contributed by atoms with van der Waals surface area (Å²) in [5.74, 6) is -0.0272. The molecule has 3 aromatic carbocycles. The van der Waals surface area contributed by atoms with Crippen LogP contribution >= 0.6 is 0 Å². The quantitative estimate of drug-likeness (QED) is 0.256. The summed E-state index contributed by atoms with van der Waals surface area (Å²) in [4.78, 5) is 41.3. The molecule has 0 aliphatic carbocycles. The van der Waals surface area contributed by atoms with Crippen LogP contribution in [0.3, 0.4) is 0 Å². The van der Waals surface area contributed by atoms with Crippen molar-refractivity contribution in [3.8, 4) is 0 Å². The first kappa shape index (κ1) is 35.4. The summed E-state index contributed by atoms with van der Waals surface area (Å²) in [6.45, 7) is 13.7. The summed E-state index contributed by atoms with van der Waals surface area (Å²) in [6, 6.07) is 20.6. The third-order valence-corrected chi connectivity index (χ3v) is 9.30. The Morgan fingerprint density at radius 2 is 1.71 bits per heavy atom. The van der Waals surface area contributed by atoms with Gasteiger partial charge in [-0.2, -0.15) is 0 Å². The van der Waals surface area contributed by atoms with Crippen LogP contribution in [0.15, 0.2) is 84.0 Å². The number of amides is 2. The zero-order chi connectivity index (χ0) is 35.1. The number of guanidine groups is 1. The summed E-state index contributed by atoms with van der Waals surface area (Å²) in [5, 5.41) is 3.24. The van der Waals surface area contributed by atoms with Crippen molar-refractivity contribution < 1.29 is 18.7 Å². The highest BCUT2D eigenvalue weighted by atomic mass is 19.1. The average Bonchev–Trinajstić information content (AvgIpc) is 3.08. The van der Waals surface area contributed by atoms with Gasteiger partial charge in [-0.15, -0.1) is 0 Å². The van der Waals surface area contributed by atoms with E-state index in [2.05, 4.69) is 34.1 Å². The lowest BCUT2D eigenvalue weighted by Crippen LogP contribution is -2.50. The number of aliphatic imine (C=N–C) groups is 1. The molecule has 11 heteroatoms.